The van der Waals surface area contributed by atoms with Crippen molar-refractivity contribution in [2.45, 2.75) is 6.54 Å². The van der Waals surface area contributed by atoms with Gasteiger partial charge in [-0.05, 0) is 18.2 Å². The fourth-order valence-corrected chi connectivity index (χ4v) is 1.73. The van der Waals surface area contributed by atoms with Crippen LogP contribution in [-0.2, 0) is 11.3 Å². The Kier molecular flexibility index (Phi) is 3.59. The zero-order valence-electron chi connectivity index (χ0n) is 9.63. The highest BCUT2D eigenvalue weighted by atomic mass is 35.5. The van der Waals surface area contributed by atoms with Crippen LogP contribution in [-0.4, -0.2) is 27.8 Å². The fourth-order valence-electron chi connectivity index (χ4n) is 1.53. The average molecular weight is 267 g/mol. The summed E-state index contributed by atoms with van der Waals surface area (Å²) in [7, 11) is 1.30. The van der Waals surface area contributed by atoms with Gasteiger partial charge >= 0.3 is 5.97 Å². The molecular weight excluding hydrogens is 256 g/mol. The van der Waals surface area contributed by atoms with Crippen molar-refractivity contribution in [3.8, 4) is 5.69 Å². The maximum absolute atomic E-state index is 11.5. The first-order chi connectivity index (χ1) is 8.67. The molecule has 94 valence electrons. The second-order valence-corrected chi connectivity index (χ2v) is 3.86. The highest BCUT2D eigenvalue weighted by molar-refractivity contribution is 6.33. The molecule has 7 heteroatoms. The van der Waals surface area contributed by atoms with Crippen LogP contribution >= 0.6 is 11.6 Å². The fraction of sp³-hybridized carbons (Fsp3) is 0.182. The van der Waals surface area contributed by atoms with Crippen molar-refractivity contribution in [2.24, 2.45) is 5.73 Å². The van der Waals surface area contributed by atoms with Crippen LogP contribution in [0.15, 0.2) is 24.5 Å². The van der Waals surface area contributed by atoms with E-state index in [2.05, 4.69) is 14.8 Å². The molecule has 0 saturated heterocycles. The van der Waals surface area contributed by atoms with Gasteiger partial charge in [0.2, 0.25) is 0 Å². The first kappa shape index (κ1) is 12.5. The number of methoxy groups -OCH3 is 1. The number of hydrogen-bond acceptors (Lipinski definition) is 5. The molecule has 0 bridgehead atoms. The number of rotatable bonds is 3. The van der Waals surface area contributed by atoms with Gasteiger partial charge in [0.05, 0.1) is 29.9 Å². The lowest BCUT2D eigenvalue weighted by Gasteiger charge is -2.07. The van der Waals surface area contributed by atoms with E-state index in [1.807, 2.05) is 0 Å². The van der Waals surface area contributed by atoms with Gasteiger partial charge < -0.3 is 10.5 Å². The van der Waals surface area contributed by atoms with Gasteiger partial charge in [-0.1, -0.05) is 11.6 Å². The highest BCUT2D eigenvalue weighted by Crippen LogP contribution is 2.20. The molecule has 0 aliphatic heterocycles. The predicted molar refractivity (Wildman–Crippen MR) is 65.6 cm³/mol. The van der Waals surface area contributed by atoms with Crippen molar-refractivity contribution in [3.63, 3.8) is 0 Å². The lowest BCUT2D eigenvalue weighted by Crippen LogP contribution is -2.09. The average Bonchev–Trinajstić information content (AvgIpc) is 2.86. The maximum atomic E-state index is 11.5. The highest BCUT2D eigenvalue weighted by Gasteiger charge is 2.13. The van der Waals surface area contributed by atoms with Crippen LogP contribution < -0.4 is 5.73 Å². The monoisotopic (exact) mass is 266 g/mol. The molecule has 2 rings (SSSR count). The predicted octanol–water partition coefficient (Wildman–Crippen LogP) is 1.17. The molecule has 0 radical (unpaired) electrons. The number of nitrogens with zero attached hydrogens (tertiary/aromatic N) is 3. The number of aromatic nitrogens is 3. The lowest BCUT2D eigenvalue weighted by molar-refractivity contribution is 0.0601. The molecule has 0 fully saturated rings. The minimum absolute atomic E-state index is 0.246. The molecule has 0 aliphatic rings. The molecule has 2 aromatic rings. The second-order valence-electron chi connectivity index (χ2n) is 3.45. The maximum Gasteiger partial charge on any atom is 0.339 e. The Morgan fingerprint density at radius 2 is 2.33 bits per heavy atom. The van der Waals surface area contributed by atoms with Gasteiger partial charge in [-0.15, -0.1) is 0 Å². The molecule has 0 spiro atoms. The molecule has 0 atom stereocenters. The number of carbonyl (C=O) groups is 1. The Morgan fingerprint density at radius 1 is 1.56 bits per heavy atom. The van der Waals surface area contributed by atoms with E-state index < -0.39 is 5.97 Å². The SMILES string of the molecule is COC(=O)c1cc(-n2ncnc2CN)ccc1Cl. The summed E-state index contributed by atoms with van der Waals surface area (Å²) in [6.45, 7) is 0.246. The number of carbonyl (C=O) groups excluding carboxylic acids is 1. The molecule has 1 aromatic carbocycles. The van der Waals surface area contributed by atoms with Gasteiger partial charge in [0.25, 0.3) is 0 Å². The molecule has 0 amide bonds. The molecule has 2 N–H and O–H groups in total. The summed E-state index contributed by atoms with van der Waals surface area (Å²) in [4.78, 5) is 15.5. The van der Waals surface area contributed by atoms with E-state index in [4.69, 9.17) is 17.3 Å². The molecular formula is C11H11ClN4O2. The minimum atomic E-state index is -0.503. The van der Waals surface area contributed by atoms with Gasteiger partial charge in [-0.2, -0.15) is 5.10 Å². The number of esters is 1. The third kappa shape index (κ3) is 2.20. The number of ether oxygens (including phenoxy) is 1. The quantitative estimate of drug-likeness (QED) is 0.843. The van der Waals surface area contributed by atoms with Crippen molar-refractivity contribution < 1.29 is 9.53 Å². The summed E-state index contributed by atoms with van der Waals surface area (Å²) in [5.41, 5.74) is 6.47. The Labute approximate surface area is 108 Å². The van der Waals surface area contributed by atoms with E-state index in [1.165, 1.54) is 13.4 Å². The normalized spacial score (nSPS) is 10.4. The zero-order chi connectivity index (χ0) is 13.1. The first-order valence-corrected chi connectivity index (χ1v) is 5.52. The summed E-state index contributed by atoms with van der Waals surface area (Å²) >= 11 is 5.93. The van der Waals surface area contributed by atoms with Crippen LogP contribution in [0.1, 0.15) is 16.2 Å². The van der Waals surface area contributed by atoms with E-state index in [9.17, 15) is 4.79 Å². The molecule has 0 aliphatic carbocycles. The number of hydrogen-bond donors (Lipinski definition) is 1. The zero-order valence-corrected chi connectivity index (χ0v) is 10.4. The third-order valence-corrected chi connectivity index (χ3v) is 2.73. The molecule has 0 saturated carbocycles. The number of benzene rings is 1. The largest absolute Gasteiger partial charge is 0.465 e. The lowest BCUT2D eigenvalue weighted by atomic mass is 10.2. The van der Waals surface area contributed by atoms with Crippen LogP contribution in [0.3, 0.4) is 0 Å². The Balaban J connectivity index is 2.50. The van der Waals surface area contributed by atoms with Crippen LogP contribution in [0, 0.1) is 0 Å². The summed E-state index contributed by atoms with van der Waals surface area (Å²) in [6.07, 6.45) is 1.40. The van der Waals surface area contributed by atoms with Gasteiger partial charge in [0.1, 0.15) is 12.2 Å². The molecule has 1 heterocycles. The summed E-state index contributed by atoms with van der Waals surface area (Å²) in [6, 6.07) is 4.91. The molecule has 18 heavy (non-hydrogen) atoms. The van der Waals surface area contributed by atoms with Crippen LogP contribution in [0.5, 0.6) is 0 Å². The van der Waals surface area contributed by atoms with E-state index in [0.717, 1.165) is 0 Å². The topological polar surface area (TPSA) is 83.0 Å². The van der Waals surface area contributed by atoms with Crippen LogP contribution in [0.2, 0.25) is 5.02 Å². The summed E-state index contributed by atoms with van der Waals surface area (Å²) < 4.78 is 6.20. The Hall–Kier alpha value is -1.92. The van der Waals surface area contributed by atoms with Crippen molar-refractivity contribution >= 4 is 17.6 Å². The smallest absolute Gasteiger partial charge is 0.339 e. The van der Waals surface area contributed by atoms with Crippen LogP contribution in [0.4, 0.5) is 0 Å². The van der Waals surface area contributed by atoms with Crippen molar-refractivity contribution in [2.75, 3.05) is 7.11 Å². The Bertz CT molecular complexity index is 582. The number of halogens is 1. The van der Waals surface area contributed by atoms with Gasteiger partial charge in [0.15, 0.2) is 0 Å². The van der Waals surface area contributed by atoms with E-state index in [0.29, 0.717) is 16.5 Å². The third-order valence-electron chi connectivity index (χ3n) is 2.40. The van der Waals surface area contributed by atoms with E-state index in [-0.39, 0.29) is 12.1 Å². The second kappa shape index (κ2) is 5.16. The standard InChI is InChI=1S/C11H11ClN4O2/c1-18-11(17)8-4-7(2-3-9(8)12)16-10(5-13)14-6-15-16/h2-4,6H,5,13H2,1H3. The Morgan fingerprint density at radius 3 is 3.00 bits per heavy atom. The molecule has 0 unspecified atom stereocenters. The minimum Gasteiger partial charge on any atom is -0.465 e. The van der Waals surface area contributed by atoms with Crippen molar-refractivity contribution in [1.82, 2.24) is 14.8 Å². The van der Waals surface area contributed by atoms with E-state index in [1.54, 1.807) is 22.9 Å². The first-order valence-electron chi connectivity index (χ1n) is 5.14. The molecule has 1 aromatic heterocycles. The van der Waals surface area contributed by atoms with E-state index >= 15 is 0 Å². The van der Waals surface area contributed by atoms with Crippen molar-refractivity contribution in [1.29, 1.82) is 0 Å². The summed E-state index contributed by atoms with van der Waals surface area (Å²) in [5.74, 6) is 0.0874. The van der Waals surface area contributed by atoms with Gasteiger partial charge in [-0.3, -0.25) is 0 Å². The number of nitrogens with two attached hydrogens (primary N) is 1. The molecule has 6 nitrogen and oxygen atoms in total. The van der Waals surface area contributed by atoms with Crippen molar-refractivity contribution in [3.05, 3.63) is 40.9 Å². The summed E-state index contributed by atoms with van der Waals surface area (Å²) in [5, 5.41) is 4.36. The van der Waals surface area contributed by atoms with Crippen LogP contribution in [0.25, 0.3) is 5.69 Å². The van der Waals surface area contributed by atoms with Gasteiger partial charge in [0, 0.05) is 0 Å². The van der Waals surface area contributed by atoms with Gasteiger partial charge in [-0.25, -0.2) is 14.5 Å².